The highest BCUT2D eigenvalue weighted by atomic mass is 32.2. The molecule has 38 heavy (non-hydrogen) atoms. The summed E-state index contributed by atoms with van der Waals surface area (Å²) in [6.07, 6.45) is 1.61. The van der Waals surface area contributed by atoms with Crippen molar-refractivity contribution in [2.24, 2.45) is 0 Å². The van der Waals surface area contributed by atoms with Gasteiger partial charge in [-0.3, -0.25) is 4.79 Å². The lowest BCUT2D eigenvalue weighted by Gasteiger charge is -2.08. The van der Waals surface area contributed by atoms with Crippen LogP contribution >= 0.6 is 23.1 Å². The van der Waals surface area contributed by atoms with Gasteiger partial charge in [0.05, 0.1) is 33.0 Å². The van der Waals surface area contributed by atoms with E-state index in [9.17, 15) is 18.0 Å². The van der Waals surface area contributed by atoms with Gasteiger partial charge in [0.2, 0.25) is 5.91 Å². The Labute approximate surface area is 228 Å². The average molecular weight is 572 g/mol. The first-order chi connectivity index (χ1) is 18.2. The molecule has 4 rings (SSSR count). The van der Waals surface area contributed by atoms with Crippen LogP contribution in [-0.2, 0) is 31.7 Å². The van der Waals surface area contributed by atoms with Gasteiger partial charge in [0.15, 0.2) is 20.1 Å². The number of nitrogens with zero attached hydrogens (tertiary/aromatic N) is 4. The number of allylic oxidation sites excluding steroid dienone is 1. The van der Waals surface area contributed by atoms with Crippen molar-refractivity contribution in [1.29, 1.82) is 0 Å². The van der Waals surface area contributed by atoms with Gasteiger partial charge in [0.25, 0.3) is 0 Å². The van der Waals surface area contributed by atoms with E-state index >= 15 is 0 Å². The highest BCUT2D eigenvalue weighted by Crippen LogP contribution is 2.28. The van der Waals surface area contributed by atoms with Gasteiger partial charge in [0.1, 0.15) is 11.6 Å². The molecule has 0 bridgehead atoms. The second kappa shape index (κ2) is 11.9. The van der Waals surface area contributed by atoms with Crippen molar-refractivity contribution in [1.82, 2.24) is 19.7 Å². The van der Waals surface area contributed by atoms with Crippen molar-refractivity contribution in [3.63, 3.8) is 0 Å². The van der Waals surface area contributed by atoms with E-state index in [1.54, 1.807) is 60.0 Å². The van der Waals surface area contributed by atoms with Crippen molar-refractivity contribution in [3.05, 3.63) is 72.1 Å². The minimum absolute atomic E-state index is 0.00396. The number of carbonyl (C=O) groups excluding carboxylic acids is 2. The number of aromatic nitrogens is 4. The zero-order valence-corrected chi connectivity index (χ0v) is 23.2. The van der Waals surface area contributed by atoms with Gasteiger partial charge in [-0.25, -0.2) is 18.2 Å². The van der Waals surface area contributed by atoms with Gasteiger partial charge < -0.3 is 14.6 Å². The highest BCUT2D eigenvalue weighted by molar-refractivity contribution is 7.99. The summed E-state index contributed by atoms with van der Waals surface area (Å²) in [4.78, 5) is 29.2. The SMILES string of the molecule is C=CCn1c(CS(=O)(=O)c2ccc(C)cc2)nnc1SCC(=O)Nc1nc2ccc(C(=O)OCC)cc2s1. The Morgan fingerprint density at radius 3 is 2.66 bits per heavy atom. The van der Waals surface area contributed by atoms with Crippen LogP contribution in [0.25, 0.3) is 10.2 Å². The first-order valence-electron chi connectivity index (χ1n) is 11.5. The van der Waals surface area contributed by atoms with Gasteiger partial charge in [-0.1, -0.05) is 46.9 Å². The number of sulfone groups is 1. The van der Waals surface area contributed by atoms with Gasteiger partial charge in [-0.05, 0) is 44.2 Å². The maximum Gasteiger partial charge on any atom is 0.338 e. The maximum absolute atomic E-state index is 12.9. The molecule has 1 amide bonds. The lowest BCUT2D eigenvalue weighted by atomic mass is 10.2. The highest BCUT2D eigenvalue weighted by Gasteiger charge is 2.22. The first-order valence-corrected chi connectivity index (χ1v) is 15.0. The summed E-state index contributed by atoms with van der Waals surface area (Å²) < 4.78 is 33.2. The molecule has 2 aromatic carbocycles. The maximum atomic E-state index is 12.9. The number of thioether (sulfide) groups is 1. The van der Waals surface area contributed by atoms with E-state index in [2.05, 4.69) is 27.1 Å². The predicted octanol–water partition coefficient (Wildman–Crippen LogP) is 4.26. The van der Waals surface area contributed by atoms with Crippen LogP contribution in [0, 0.1) is 6.92 Å². The largest absolute Gasteiger partial charge is 0.462 e. The molecule has 198 valence electrons. The standard InChI is InChI=1S/C25H25N5O5S3/c1-4-12-30-21(15-38(33,34)18-9-6-16(3)7-10-18)28-29-25(30)36-14-22(31)27-24-26-19-11-8-17(13-20(19)37-24)23(32)35-5-2/h4,6-11,13H,1,5,12,14-15H2,2-3H3,(H,26,27,31). The van der Waals surface area contributed by atoms with E-state index in [1.807, 2.05) is 6.92 Å². The van der Waals surface area contributed by atoms with Crippen LogP contribution in [0.5, 0.6) is 0 Å². The molecule has 0 atom stereocenters. The number of aryl methyl sites for hydroxylation is 1. The van der Waals surface area contributed by atoms with Crippen molar-refractivity contribution < 1.29 is 22.7 Å². The molecule has 0 aliphatic carbocycles. The summed E-state index contributed by atoms with van der Waals surface area (Å²) in [5.74, 6) is -0.800. The summed E-state index contributed by atoms with van der Waals surface area (Å²) in [6.45, 7) is 7.92. The first kappa shape index (κ1) is 27.5. The molecule has 2 aromatic heterocycles. The number of nitrogens with one attached hydrogen (secondary N) is 1. The van der Waals surface area contributed by atoms with E-state index < -0.39 is 15.8 Å². The molecule has 0 saturated heterocycles. The molecular weight excluding hydrogens is 547 g/mol. The van der Waals surface area contributed by atoms with Gasteiger partial charge in [-0.15, -0.1) is 16.8 Å². The Bertz CT molecular complexity index is 1590. The van der Waals surface area contributed by atoms with Crippen molar-refractivity contribution in [2.75, 3.05) is 17.7 Å². The molecule has 10 nitrogen and oxygen atoms in total. The van der Waals surface area contributed by atoms with Gasteiger partial charge in [0, 0.05) is 6.54 Å². The minimum atomic E-state index is -3.64. The van der Waals surface area contributed by atoms with Crippen molar-refractivity contribution in [2.45, 2.75) is 36.2 Å². The summed E-state index contributed by atoms with van der Waals surface area (Å²) >= 11 is 2.37. The lowest BCUT2D eigenvalue weighted by Crippen LogP contribution is -2.15. The fourth-order valence-corrected chi connectivity index (χ4v) is 6.41. The number of amides is 1. The summed E-state index contributed by atoms with van der Waals surface area (Å²) in [5.41, 5.74) is 2.03. The Morgan fingerprint density at radius 2 is 1.95 bits per heavy atom. The quantitative estimate of drug-likeness (QED) is 0.159. The summed E-state index contributed by atoms with van der Waals surface area (Å²) in [7, 11) is -3.64. The number of anilines is 1. The fourth-order valence-electron chi connectivity index (χ4n) is 3.45. The smallest absolute Gasteiger partial charge is 0.338 e. The van der Waals surface area contributed by atoms with E-state index in [0.717, 1.165) is 22.0 Å². The summed E-state index contributed by atoms with van der Waals surface area (Å²) in [5, 5.41) is 11.7. The van der Waals surface area contributed by atoms with E-state index in [-0.39, 0.29) is 41.3 Å². The van der Waals surface area contributed by atoms with Crippen LogP contribution in [0.4, 0.5) is 5.13 Å². The molecule has 4 aromatic rings. The molecule has 2 heterocycles. The molecule has 0 saturated carbocycles. The number of ether oxygens (including phenoxy) is 1. The zero-order chi connectivity index (χ0) is 27.3. The molecule has 0 aliphatic rings. The summed E-state index contributed by atoms with van der Waals surface area (Å²) in [6, 6.07) is 11.6. The number of benzene rings is 2. The van der Waals surface area contributed by atoms with Crippen LogP contribution in [-0.4, -0.2) is 52.4 Å². The van der Waals surface area contributed by atoms with Gasteiger partial charge in [-0.2, -0.15) is 0 Å². The van der Waals surface area contributed by atoms with E-state index in [1.165, 1.54) is 11.3 Å². The lowest BCUT2D eigenvalue weighted by molar-refractivity contribution is -0.113. The molecule has 0 radical (unpaired) electrons. The van der Waals surface area contributed by atoms with Crippen molar-refractivity contribution >= 4 is 60.2 Å². The third kappa shape index (κ3) is 6.47. The zero-order valence-electron chi connectivity index (χ0n) is 20.7. The molecule has 13 heteroatoms. The van der Waals surface area contributed by atoms with Gasteiger partial charge >= 0.3 is 5.97 Å². The number of rotatable bonds is 11. The molecular formula is C25H25N5O5S3. The monoisotopic (exact) mass is 571 g/mol. The van der Waals surface area contributed by atoms with E-state index in [4.69, 9.17) is 4.74 Å². The van der Waals surface area contributed by atoms with E-state index in [0.29, 0.717) is 21.4 Å². The average Bonchev–Trinajstić information content (AvgIpc) is 3.45. The van der Waals surface area contributed by atoms with Crippen LogP contribution in [0.3, 0.4) is 0 Å². The molecule has 0 aliphatic heterocycles. The molecule has 0 fully saturated rings. The number of hydrogen-bond acceptors (Lipinski definition) is 10. The topological polar surface area (TPSA) is 133 Å². The van der Waals surface area contributed by atoms with Crippen LogP contribution in [0.15, 0.2) is 65.2 Å². The number of fused-ring (bicyclic) bond motifs is 1. The molecule has 0 unspecified atom stereocenters. The predicted molar refractivity (Wildman–Crippen MR) is 147 cm³/mol. The Kier molecular flexibility index (Phi) is 8.59. The Hall–Kier alpha value is -3.55. The Morgan fingerprint density at radius 1 is 1.18 bits per heavy atom. The van der Waals surface area contributed by atoms with Crippen molar-refractivity contribution in [3.8, 4) is 0 Å². The molecule has 1 N–H and O–H groups in total. The van der Waals surface area contributed by atoms with Crippen LogP contribution in [0.1, 0.15) is 28.7 Å². The Balaban J connectivity index is 1.43. The second-order valence-electron chi connectivity index (χ2n) is 8.13. The normalized spacial score (nSPS) is 11.4. The van der Waals surface area contributed by atoms with Crippen LogP contribution in [0.2, 0.25) is 0 Å². The minimum Gasteiger partial charge on any atom is -0.462 e. The number of hydrogen-bond donors (Lipinski definition) is 1. The number of esters is 1. The second-order valence-corrected chi connectivity index (χ2v) is 12.1. The van der Waals surface area contributed by atoms with Crippen LogP contribution < -0.4 is 5.32 Å². The number of thiazole rings is 1. The third-order valence-electron chi connectivity index (χ3n) is 5.28. The third-order valence-corrected chi connectivity index (χ3v) is 8.81. The number of carbonyl (C=O) groups is 2. The fraction of sp³-hybridized carbons (Fsp3) is 0.240. The molecule has 0 spiro atoms.